The fourth-order valence-electron chi connectivity index (χ4n) is 3.46. The standard InChI is InChI=1S/C28H27NO6/c1-3-32-26-16-20(6-11-23(30)21-8-13-24-27(17-21)34-15-14-33-24)7-12-25(26)35-18-28(31)29-22-9-4-19(2)5-10-22/h4-13,16-17H,3,14-15,18H2,1-2H3,(H,29,31)/b11-6+. The van der Waals surface area contributed by atoms with Gasteiger partial charge in [0, 0.05) is 11.3 Å². The van der Waals surface area contributed by atoms with Gasteiger partial charge in [0.15, 0.2) is 35.4 Å². The number of ether oxygens (including phenoxy) is 4. The summed E-state index contributed by atoms with van der Waals surface area (Å²) < 4.78 is 22.4. The Morgan fingerprint density at radius 1 is 0.914 bits per heavy atom. The summed E-state index contributed by atoms with van der Waals surface area (Å²) in [5.41, 5.74) is 3.09. The van der Waals surface area contributed by atoms with Crippen LogP contribution in [-0.2, 0) is 4.79 Å². The van der Waals surface area contributed by atoms with Crippen molar-refractivity contribution < 1.29 is 28.5 Å². The molecule has 3 aromatic rings. The Hall–Kier alpha value is -4.26. The molecule has 0 atom stereocenters. The van der Waals surface area contributed by atoms with E-state index in [1.54, 1.807) is 42.5 Å². The lowest BCUT2D eigenvalue weighted by Gasteiger charge is -2.18. The summed E-state index contributed by atoms with van der Waals surface area (Å²) in [6.07, 6.45) is 3.20. The molecule has 1 amide bonds. The number of nitrogens with one attached hydrogen (secondary N) is 1. The van der Waals surface area contributed by atoms with Crippen LogP contribution in [-0.4, -0.2) is 38.1 Å². The highest BCUT2D eigenvalue weighted by molar-refractivity contribution is 6.07. The number of carbonyl (C=O) groups excluding carboxylic acids is 2. The SMILES string of the molecule is CCOc1cc(/C=C/C(=O)c2ccc3c(c2)OCCO3)ccc1OCC(=O)Nc1ccc(C)cc1. The van der Waals surface area contributed by atoms with Crippen molar-refractivity contribution in [1.29, 1.82) is 0 Å². The van der Waals surface area contributed by atoms with Crippen LogP contribution in [0.25, 0.3) is 6.08 Å². The van der Waals surface area contributed by atoms with Gasteiger partial charge in [-0.3, -0.25) is 9.59 Å². The van der Waals surface area contributed by atoms with Gasteiger partial charge in [-0.25, -0.2) is 0 Å². The summed E-state index contributed by atoms with van der Waals surface area (Å²) >= 11 is 0. The van der Waals surface area contributed by atoms with E-state index in [1.165, 1.54) is 6.08 Å². The Morgan fingerprint density at radius 2 is 1.69 bits per heavy atom. The largest absolute Gasteiger partial charge is 0.490 e. The zero-order valence-electron chi connectivity index (χ0n) is 19.7. The van der Waals surface area contributed by atoms with Crippen molar-refractivity contribution in [3.05, 3.63) is 83.4 Å². The van der Waals surface area contributed by atoms with Crippen LogP contribution in [0.1, 0.15) is 28.4 Å². The number of hydrogen-bond donors (Lipinski definition) is 1. The van der Waals surface area contributed by atoms with Crippen LogP contribution < -0.4 is 24.3 Å². The van der Waals surface area contributed by atoms with E-state index < -0.39 is 0 Å². The van der Waals surface area contributed by atoms with Crippen molar-refractivity contribution in [2.75, 3.05) is 31.7 Å². The molecule has 0 radical (unpaired) electrons. The van der Waals surface area contributed by atoms with Crippen LogP contribution in [0.5, 0.6) is 23.0 Å². The maximum Gasteiger partial charge on any atom is 0.262 e. The molecule has 35 heavy (non-hydrogen) atoms. The highest BCUT2D eigenvalue weighted by Crippen LogP contribution is 2.31. The van der Waals surface area contributed by atoms with Crippen LogP contribution in [0, 0.1) is 6.92 Å². The van der Waals surface area contributed by atoms with Gasteiger partial charge in [0.25, 0.3) is 5.91 Å². The number of hydrogen-bond acceptors (Lipinski definition) is 6. The fourth-order valence-corrected chi connectivity index (χ4v) is 3.46. The molecular formula is C28H27NO6. The van der Waals surface area contributed by atoms with Crippen molar-refractivity contribution in [3.63, 3.8) is 0 Å². The maximum absolute atomic E-state index is 12.6. The molecule has 0 fully saturated rings. The lowest BCUT2D eigenvalue weighted by molar-refractivity contribution is -0.118. The Labute approximate surface area is 204 Å². The third-order valence-electron chi connectivity index (χ3n) is 5.22. The lowest BCUT2D eigenvalue weighted by atomic mass is 10.1. The van der Waals surface area contributed by atoms with Crippen molar-refractivity contribution in [2.24, 2.45) is 0 Å². The van der Waals surface area contributed by atoms with E-state index in [4.69, 9.17) is 18.9 Å². The average molecular weight is 474 g/mol. The first-order valence-electron chi connectivity index (χ1n) is 11.4. The number of aryl methyl sites for hydroxylation is 1. The first-order chi connectivity index (χ1) is 17.0. The summed E-state index contributed by atoms with van der Waals surface area (Å²) in [6, 6.07) is 18.0. The topological polar surface area (TPSA) is 83.1 Å². The van der Waals surface area contributed by atoms with Crippen molar-refractivity contribution >= 4 is 23.5 Å². The minimum Gasteiger partial charge on any atom is -0.490 e. The molecule has 0 unspecified atom stereocenters. The van der Waals surface area contributed by atoms with Gasteiger partial charge >= 0.3 is 0 Å². The van der Waals surface area contributed by atoms with E-state index in [0.29, 0.717) is 54.1 Å². The summed E-state index contributed by atoms with van der Waals surface area (Å²) in [4.78, 5) is 24.9. The Kier molecular flexibility index (Phi) is 7.67. The van der Waals surface area contributed by atoms with Gasteiger partial charge in [-0.1, -0.05) is 29.8 Å². The smallest absolute Gasteiger partial charge is 0.262 e. The third-order valence-corrected chi connectivity index (χ3v) is 5.22. The number of amides is 1. The van der Waals surface area contributed by atoms with Crippen LogP contribution >= 0.6 is 0 Å². The molecule has 7 nitrogen and oxygen atoms in total. The third kappa shape index (κ3) is 6.41. The molecule has 1 N–H and O–H groups in total. The van der Waals surface area contributed by atoms with E-state index in [1.807, 2.05) is 38.1 Å². The molecule has 0 saturated heterocycles. The van der Waals surface area contributed by atoms with Crippen LogP contribution in [0.2, 0.25) is 0 Å². The number of allylic oxidation sites excluding steroid dienone is 1. The number of fused-ring (bicyclic) bond motifs is 1. The van der Waals surface area contributed by atoms with E-state index in [0.717, 1.165) is 11.1 Å². The molecule has 7 heteroatoms. The van der Waals surface area contributed by atoms with Gasteiger partial charge in [0.1, 0.15) is 13.2 Å². The van der Waals surface area contributed by atoms with E-state index in [9.17, 15) is 9.59 Å². The zero-order valence-corrected chi connectivity index (χ0v) is 19.7. The van der Waals surface area contributed by atoms with Crippen molar-refractivity contribution in [2.45, 2.75) is 13.8 Å². The first kappa shape index (κ1) is 23.9. The predicted molar refractivity (Wildman–Crippen MR) is 134 cm³/mol. The molecule has 0 aliphatic carbocycles. The molecule has 4 rings (SSSR count). The van der Waals surface area contributed by atoms with Crippen LogP contribution in [0.3, 0.4) is 0 Å². The predicted octanol–water partition coefficient (Wildman–Crippen LogP) is 5.08. The van der Waals surface area contributed by atoms with Crippen LogP contribution in [0.15, 0.2) is 66.7 Å². The molecule has 1 aliphatic rings. The molecule has 1 aliphatic heterocycles. The summed E-state index contributed by atoms with van der Waals surface area (Å²) in [7, 11) is 0. The maximum atomic E-state index is 12.6. The van der Waals surface area contributed by atoms with Gasteiger partial charge in [-0.2, -0.15) is 0 Å². The van der Waals surface area contributed by atoms with Gasteiger partial charge in [-0.15, -0.1) is 0 Å². The second kappa shape index (κ2) is 11.2. The minimum atomic E-state index is -0.273. The highest BCUT2D eigenvalue weighted by atomic mass is 16.6. The van der Waals surface area contributed by atoms with Gasteiger partial charge in [0.2, 0.25) is 0 Å². The first-order valence-corrected chi connectivity index (χ1v) is 11.4. The average Bonchev–Trinajstić information content (AvgIpc) is 2.88. The van der Waals surface area contributed by atoms with Crippen molar-refractivity contribution in [1.82, 2.24) is 0 Å². The fraction of sp³-hybridized carbons (Fsp3) is 0.214. The summed E-state index contributed by atoms with van der Waals surface area (Å²) in [6.45, 7) is 5.07. The lowest BCUT2D eigenvalue weighted by Crippen LogP contribution is -2.20. The Morgan fingerprint density at radius 3 is 2.46 bits per heavy atom. The number of carbonyl (C=O) groups is 2. The van der Waals surface area contributed by atoms with Crippen LogP contribution in [0.4, 0.5) is 5.69 Å². The number of anilines is 1. The van der Waals surface area contributed by atoms with Gasteiger partial charge in [0.05, 0.1) is 6.61 Å². The monoisotopic (exact) mass is 473 g/mol. The molecule has 1 heterocycles. The van der Waals surface area contributed by atoms with E-state index in [-0.39, 0.29) is 18.3 Å². The van der Waals surface area contributed by atoms with Crippen molar-refractivity contribution in [3.8, 4) is 23.0 Å². The second-order valence-electron chi connectivity index (χ2n) is 7.90. The number of benzene rings is 3. The Bertz CT molecular complexity index is 1230. The molecule has 180 valence electrons. The molecule has 0 saturated carbocycles. The molecular weight excluding hydrogens is 446 g/mol. The minimum absolute atomic E-state index is 0.159. The number of ketones is 1. The second-order valence-corrected chi connectivity index (χ2v) is 7.90. The normalized spacial score (nSPS) is 12.3. The van der Waals surface area contributed by atoms with E-state index >= 15 is 0 Å². The van der Waals surface area contributed by atoms with Gasteiger partial charge < -0.3 is 24.3 Å². The molecule has 0 spiro atoms. The van der Waals surface area contributed by atoms with E-state index in [2.05, 4.69) is 5.32 Å². The number of rotatable bonds is 9. The quantitative estimate of drug-likeness (QED) is 0.345. The molecule has 0 aromatic heterocycles. The van der Waals surface area contributed by atoms with Gasteiger partial charge in [-0.05, 0) is 68.0 Å². The highest BCUT2D eigenvalue weighted by Gasteiger charge is 2.14. The Balaban J connectivity index is 1.40. The zero-order chi connectivity index (χ0) is 24.6. The summed E-state index contributed by atoms with van der Waals surface area (Å²) in [5.74, 6) is 1.72. The molecule has 0 bridgehead atoms. The summed E-state index contributed by atoms with van der Waals surface area (Å²) in [5, 5.41) is 2.80. The molecule has 3 aromatic carbocycles.